The van der Waals surface area contributed by atoms with Gasteiger partial charge in [-0.1, -0.05) is 12.1 Å². The molecule has 5 heteroatoms. The van der Waals surface area contributed by atoms with Crippen molar-refractivity contribution in [1.29, 1.82) is 0 Å². The van der Waals surface area contributed by atoms with E-state index in [0.29, 0.717) is 17.2 Å². The van der Waals surface area contributed by atoms with Crippen LogP contribution >= 0.6 is 0 Å². The summed E-state index contributed by atoms with van der Waals surface area (Å²) in [6.07, 6.45) is 2.98. The quantitative estimate of drug-likeness (QED) is 0.843. The third-order valence-electron chi connectivity index (χ3n) is 2.66. The summed E-state index contributed by atoms with van der Waals surface area (Å²) in [7, 11) is 0. The maximum Gasteiger partial charge on any atom is 0.248 e. The molecular weight excluding hydrogens is 257 g/mol. The van der Waals surface area contributed by atoms with Gasteiger partial charge in [0, 0.05) is 6.08 Å². The molecule has 1 amide bonds. The molecule has 0 unspecified atom stereocenters. The molecule has 2 rings (SSSR count). The number of nitrogens with two attached hydrogens (primary N) is 1. The lowest BCUT2D eigenvalue weighted by Gasteiger charge is -2.05. The van der Waals surface area contributed by atoms with Crippen LogP contribution in [0.5, 0.6) is 0 Å². The van der Waals surface area contributed by atoms with Gasteiger partial charge in [-0.05, 0) is 42.8 Å². The number of benzene rings is 1. The third kappa shape index (κ3) is 3.65. The summed E-state index contributed by atoms with van der Waals surface area (Å²) in [6.45, 7) is 1.76. The molecule has 102 valence electrons. The number of aromatic nitrogens is 1. The lowest BCUT2D eigenvalue weighted by molar-refractivity contribution is -0.111. The molecule has 0 aliphatic heterocycles. The van der Waals surface area contributed by atoms with E-state index >= 15 is 0 Å². The number of pyridine rings is 1. The first-order valence-corrected chi connectivity index (χ1v) is 6.02. The third-order valence-corrected chi connectivity index (χ3v) is 2.66. The van der Waals surface area contributed by atoms with Crippen LogP contribution in [0.1, 0.15) is 11.3 Å². The number of rotatable bonds is 3. The molecular formula is C15H14FN3O. The molecule has 20 heavy (non-hydrogen) atoms. The number of halogens is 1. The van der Waals surface area contributed by atoms with Crippen molar-refractivity contribution in [2.45, 2.75) is 6.92 Å². The molecule has 1 aromatic heterocycles. The Morgan fingerprint density at radius 2 is 1.95 bits per heavy atom. The zero-order chi connectivity index (χ0) is 14.5. The van der Waals surface area contributed by atoms with Crippen molar-refractivity contribution in [1.82, 2.24) is 4.98 Å². The molecule has 1 aromatic carbocycles. The Labute approximate surface area is 116 Å². The molecule has 2 aromatic rings. The minimum atomic E-state index is -0.310. The van der Waals surface area contributed by atoms with E-state index < -0.39 is 0 Å². The molecule has 0 radical (unpaired) electrons. The average Bonchev–Trinajstić information content (AvgIpc) is 2.41. The van der Waals surface area contributed by atoms with Crippen LogP contribution in [-0.2, 0) is 4.79 Å². The molecule has 4 nitrogen and oxygen atoms in total. The van der Waals surface area contributed by atoms with Crippen molar-refractivity contribution in [2.24, 2.45) is 0 Å². The number of hydrogen-bond donors (Lipinski definition) is 2. The van der Waals surface area contributed by atoms with Crippen LogP contribution in [0, 0.1) is 12.7 Å². The van der Waals surface area contributed by atoms with Crippen LogP contribution < -0.4 is 11.1 Å². The topological polar surface area (TPSA) is 68.0 Å². The predicted molar refractivity (Wildman–Crippen MR) is 77.5 cm³/mol. The molecule has 0 saturated heterocycles. The number of anilines is 2. The smallest absolute Gasteiger partial charge is 0.248 e. The van der Waals surface area contributed by atoms with E-state index in [4.69, 9.17) is 5.73 Å². The highest BCUT2D eigenvalue weighted by Crippen LogP contribution is 2.14. The molecule has 0 saturated carbocycles. The number of carbonyl (C=O) groups is 1. The summed E-state index contributed by atoms with van der Waals surface area (Å²) in [6, 6.07) is 9.18. The maximum atomic E-state index is 12.7. The minimum absolute atomic E-state index is 0.288. The summed E-state index contributed by atoms with van der Waals surface area (Å²) in [5.41, 5.74) is 7.53. The lowest BCUT2D eigenvalue weighted by Crippen LogP contribution is -2.10. The molecule has 0 atom stereocenters. The van der Waals surface area contributed by atoms with Crippen LogP contribution in [0.4, 0.5) is 15.9 Å². The first kappa shape index (κ1) is 13.7. The van der Waals surface area contributed by atoms with Gasteiger partial charge in [-0.15, -0.1) is 0 Å². The van der Waals surface area contributed by atoms with Crippen LogP contribution in [-0.4, -0.2) is 10.9 Å². The SMILES string of the molecule is Cc1nc(N)ccc1NC(=O)/C=C/c1ccc(F)cc1. The van der Waals surface area contributed by atoms with Gasteiger partial charge in [0.2, 0.25) is 5.91 Å². The fraction of sp³-hybridized carbons (Fsp3) is 0.0667. The number of aryl methyl sites for hydroxylation is 1. The molecule has 0 spiro atoms. The van der Waals surface area contributed by atoms with Gasteiger partial charge in [0.15, 0.2) is 0 Å². The van der Waals surface area contributed by atoms with Gasteiger partial charge >= 0.3 is 0 Å². The number of carbonyl (C=O) groups excluding carboxylic acids is 1. The van der Waals surface area contributed by atoms with E-state index in [1.165, 1.54) is 18.2 Å². The second-order valence-electron chi connectivity index (χ2n) is 4.24. The Morgan fingerprint density at radius 3 is 2.60 bits per heavy atom. The summed E-state index contributed by atoms with van der Waals surface area (Å²) < 4.78 is 12.7. The predicted octanol–water partition coefficient (Wildman–Crippen LogP) is 2.76. The van der Waals surface area contributed by atoms with Gasteiger partial charge in [0.25, 0.3) is 0 Å². The summed E-state index contributed by atoms with van der Waals surface area (Å²) in [4.78, 5) is 15.8. The zero-order valence-corrected chi connectivity index (χ0v) is 10.9. The van der Waals surface area contributed by atoms with Gasteiger partial charge in [0.05, 0.1) is 11.4 Å². The second kappa shape index (κ2) is 5.97. The van der Waals surface area contributed by atoms with Crippen molar-refractivity contribution < 1.29 is 9.18 Å². The fourth-order valence-electron chi connectivity index (χ4n) is 1.63. The zero-order valence-electron chi connectivity index (χ0n) is 10.9. The first-order valence-electron chi connectivity index (χ1n) is 6.02. The van der Waals surface area contributed by atoms with Gasteiger partial charge in [0.1, 0.15) is 11.6 Å². The molecule has 0 aliphatic rings. The average molecular weight is 271 g/mol. The van der Waals surface area contributed by atoms with E-state index in [1.807, 2.05) is 0 Å². The Morgan fingerprint density at radius 1 is 1.25 bits per heavy atom. The van der Waals surface area contributed by atoms with Gasteiger partial charge in [-0.2, -0.15) is 0 Å². The Hall–Kier alpha value is -2.69. The highest BCUT2D eigenvalue weighted by atomic mass is 19.1. The molecule has 1 heterocycles. The number of nitrogens with one attached hydrogen (secondary N) is 1. The standard InChI is InChI=1S/C15H14FN3O/c1-10-13(7-8-14(17)18-10)19-15(20)9-4-11-2-5-12(16)6-3-11/h2-9H,1H3,(H2,17,18)(H,19,20)/b9-4+. The second-order valence-corrected chi connectivity index (χ2v) is 4.24. The van der Waals surface area contributed by atoms with Crippen molar-refractivity contribution in [3.05, 3.63) is 59.5 Å². The van der Waals surface area contributed by atoms with Crippen LogP contribution in [0.3, 0.4) is 0 Å². The molecule has 3 N–H and O–H groups in total. The normalized spacial score (nSPS) is 10.7. The van der Waals surface area contributed by atoms with E-state index in [0.717, 1.165) is 5.56 Å². The molecule has 0 bridgehead atoms. The van der Waals surface area contributed by atoms with E-state index in [2.05, 4.69) is 10.3 Å². The number of nitrogen functional groups attached to an aromatic ring is 1. The summed E-state index contributed by atoms with van der Waals surface area (Å²) in [5.74, 6) is -0.193. The van der Waals surface area contributed by atoms with Crippen LogP contribution in [0.25, 0.3) is 6.08 Å². The minimum Gasteiger partial charge on any atom is -0.384 e. The Kier molecular flexibility index (Phi) is 4.10. The van der Waals surface area contributed by atoms with E-state index in [1.54, 1.807) is 37.3 Å². The van der Waals surface area contributed by atoms with E-state index in [9.17, 15) is 9.18 Å². The largest absolute Gasteiger partial charge is 0.384 e. The number of nitrogens with zero attached hydrogens (tertiary/aromatic N) is 1. The molecule has 0 fully saturated rings. The van der Waals surface area contributed by atoms with Crippen molar-refractivity contribution in [3.8, 4) is 0 Å². The fourth-order valence-corrected chi connectivity index (χ4v) is 1.63. The molecule has 0 aliphatic carbocycles. The first-order chi connectivity index (χ1) is 9.54. The van der Waals surface area contributed by atoms with Crippen molar-refractivity contribution in [2.75, 3.05) is 11.1 Å². The van der Waals surface area contributed by atoms with Crippen LogP contribution in [0.15, 0.2) is 42.5 Å². The van der Waals surface area contributed by atoms with Crippen molar-refractivity contribution in [3.63, 3.8) is 0 Å². The summed E-state index contributed by atoms with van der Waals surface area (Å²) in [5, 5.41) is 2.70. The van der Waals surface area contributed by atoms with Gasteiger partial charge in [-0.25, -0.2) is 9.37 Å². The highest BCUT2D eigenvalue weighted by Gasteiger charge is 2.03. The Bertz CT molecular complexity index is 651. The number of amides is 1. The van der Waals surface area contributed by atoms with E-state index in [-0.39, 0.29) is 11.7 Å². The maximum absolute atomic E-state index is 12.7. The van der Waals surface area contributed by atoms with Gasteiger partial charge < -0.3 is 11.1 Å². The van der Waals surface area contributed by atoms with Crippen LogP contribution in [0.2, 0.25) is 0 Å². The monoisotopic (exact) mass is 271 g/mol. The number of hydrogen-bond acceptors (Lipinski definition) is 3. The lowest BCUT2D eigenvalue weighted by atomic mass is 10.2. The highest BCUT2D eigenvalue weighted by molar-refractivity contribution is 6.02. The van der Waals surface area contributed by atoms with Gasteiger partial charge in [-0.3, -0.25) is 4.79 Å². The summed E-state index contributed by atoms with van der Waals surface area (Å²) >= 11 is 0. The Balaban J connectivity index is 2.03. The van der Waals surface area contributed by atoms with Crippen molar-refractivity contribution >= 4 is 23.5 Å².